The number of methoxy groups -OCH3 is 2. The van der Waals surface area contributed by atoms with Gasteiger partial charge in [-0.2, -0.15) is 0 Å². The Morgan fingerprint density at radius 3 is 0.976 bits per heavy atom. The maximum absolute atomic E-state index is 6.71. The summed E-state index contributed by atoms with van der Waals surface area (Å²) in [5, 5.41) is 2.18. The molecule has 2 aliphatic heterocycles. The summed E-state index contributed by atoms with van der Waals surface area (Å²) in [5.74, 6) is 5.00. The first-order valence-electron chi connectivity index (χ1n) is 28.3. The van der Waals surface area contributed by atoms with Crippen molar-refractivity contribution in [3.8, 4) is 56.8 Å². The van der Waals surface area contributed by atoms with E-state index in [1.54, 1.807) is 14.2 Å². The van der Waals surface area contributed by atoms with Gasteiger partial charge in [0.1, 0.15) is 34.5 Å². The third-order valence-electron chi connectivity index (χ3n) is 18.1. The van der Waals surface area contributed by atoms with Crippen LogP contribution in [0.4, 0.5) is 34.1 Å². The molecule has 8 heteroatoms. The molecular formula is C76H51N3O4S. The molecule has 1 aromatic heterocycles. The highest BCUT2D eigenvalue weighted by molar-refractivity contribution is 7.79. The highest BCUT2D eigenvalue weighted by Crippen LogP contribution is 2.65. The van der Waals surface area contributed by atoms with Gasteiger partial charge in [0.25, 0.3) is 0 Å². The Kier molecular flexibility index (Phi) is 10.5. The molecule has 2 aliphatic carbocycles. The lowest BCUT2D eigenvalue weighted by Crippen LogP contribution is -2.32. The fraction of sp³-hybridized carbons (Fsp3) is 0.0526. The van der Waals surface area contributed by atoms with E-state index in [9.17, 15) is 0 Å². The van der Waals surface area contributed by atoms with E-state index in [-0.39, 0.29) is 0 Å². The lowest BCUT2D eigenvalue weighted by atomic mass is 9.66. The molecule has 0 atom stereocenters. The van der Waals surface area contributed by atoms with Crippen molar-refractivity contribution in [3.05, 3.63) is 311 Å². The van der Waals surface area contributed by atoms with Gasteiger partial charge in [-0.1, -0.05) is 158 Å². The van der Waals surface area contributed by atoms with Gasteiger partial charge in [-0.25, -0.2) is 0 Å². The number of hydrogen-bond donors (Lipinski definition) is 1. The molecule has 0 radical (unpaired) electrons. The Bertz CT molecular complexity index is 4480. The van der Waals surface area contributed by atoms with E-state index in [1.807, 2.05) is 28.2 Å². The molecule has 0 saturated carbocycles. The molecule has 17 rings (SSSR count). The zero-order valence-electron chi connectivity index (χ0n) is 45.8. The maximum Gasteiger partial charge on any atom is 0.132 e. The molecule has 7 nitrogen and oxygen atoms in total. The van der Waals surface area contributed by atoms with E-state index < -0.39 is 10.8 Å². The van der Waals surface area contributed by atoms with E-state index in [1.165, 1.54) is 44.5 Å². The number of rotatable bonds is 8. The largest absolute Gasteiger partial charge is 0.497 e. The van der Waals surface area contributed by atoms with Crippen molar-refractivity contribution in [1.82, 2.24) is 3.97 Å². The summed E-state index contributed by atoms with van der Waals surface area (Å²) in [7, 11) is 3.42. The van der Waals surface area contributed by atoms with Crippen LogP contribution in [0.5, 0.6) is 34.5 Å². The zero-order chi connectivity index (χ0) is 55.8. The Hall–Kier alpha value is -10.4. The third kappa shape index (κ3) is 6.65. The summed E-state index contributed by atoms with van der Waals surface area (Å²) in [6.45, 7) is 0. The Balaban J connectivity index is 0.835. The van der Waals surface area contributed by atoms with E-state index in [0.29, 0.717) is 0 Å². The van der Waals surface area contributed by atoms with Crippen LogP contribution in [-0.2, 0) is 10.8 Å². The standard InChI is InChI=1S/C76H51N3O4S/c1-80-53-35-27-47(28-36-53)77(49-31-39-57-55-15-3-5-17-61(55)75(67(57)43-49)63-19-7-11-23-71(63)82-72-24-12-8-20-64(72)75)51-33-41-59-60-42-34-52(46-70(60)79(84)69(59)45-51)78(48-29-37-54(81-2)38-30-48)50-32-40-58-56-16-4-6-18-62(56)76(68(58)44-50)65-21-9-13-25-73(65)83-74-26-14-10-22-66(74)76/h3-46,84H,1-2H3. The minimum absolute atomic E-state index is 0.633. The van der Waals surface area contributed by atoms with E-state index in [4.69, 9.17) is 31.8 Å². The highest BCUT2D eigenvalue weighted by atomic mass is 32.1. The topological polar surface area (TPSA) is 48.3 Å². The molecule has 84 heavy (non-hydrogen) atoms. The van der Waals surface area contributed by atoms with E-state index >= 15 is 0 Å². The van der Waals surface area contributed by atoms with Crippen LogP contribution in [0.3, 0.4) is 0 Å². The normalized spacial score (nSPS) is 13.8. The number of hydrogen-bond acceptors (Lipinski definition) is 7. The molecule has 3 heterocycles. The molecule has 4 aliphatic rings. The van der Waals surface area contributed by atoms with Crippen molar-refractivity contribution in [2.45, 2.75) is 10.8 Å². The van der Waals surface area contributed by atoms with Crippen LogP contribution in [0, 0.1) is 0 Å². The van der Waals surface area contributed by atoms with Crippen LogP contribution in [0.2, 0.25) is 0 Å². The predicted molar refractivity (Wildman–Crippen MR) is 341 cm³/mol. The van der Waals surface area contributed by atoms with Crippen molar-refractivity contribution < 1.29 is 18.9 Å². The van der Waals surface area contributed by atoms with Gasteiger partial charge in [0.05, 0.1) is 36.1 Å². The minimum Gasteiger partial charge on any atom is -0.497 e. The van der Waals surface area contributed by atoms with Crippen molar-refractivity contribution in [3.63, 3.8) is 0 Å². The fourth-order valence-electron chi connectivity index (χ4n) is 14.6. The monoisotopic (exact) mass is 1100 g/mol. The molecule has 12 aromatic carbocycles. The molecule has 0 amide bonds. The van der Waals surface area contributed by atoms with Crippen molar-refractivity contribution >= 4 is 68.7 Å². The second-order valence-corrected chi connectivity index (χ2v) is 22.4. The summed E-state index contributed by atoms with van der Waals surface area (Å²) in [6.07, 6.45) is 0. The van der Waals surface area contributed by atoms with Gasteiger partial charge in [0.15, 0.2) is 0 Å². The SMILES string of the molecule is COc1ccc(N(c2ccc3c(c2)C2(c4ccccc4Oc4ccccc42)c2ccccc2-3)c2ccc3c4ccc(N(c5ccc(OC)cc5)c5ccc6c(c5)C5(c7ccccc7Oc7ccccc75)c5ccccc5-6)cc4n(S)c3c2)cc1. The first-order chi connectivity index (χ1) is 41.4. The minimum atomic E-state index is -0.633. The molecule has 0 saturated heterocycles. The van der Waals surface area contributed by atoms with Gasteiger partial charge in [0.2, 0.25) is 0 Å². The molecule has 2 spiro atoms. The van der Waals surface area contributed by atoms with E-state index in [2.05, 4.69) is 252 Å². The zero-order valence-corrected chi connectivity index (χ0v) is 46.7. The molecule has 400 valence electrons. The Morgan fingerprint density at radius 1 is 0.310 bits per heavy atom. The summed E-state index contributed by atoms with van der Waals surface area (Å²) in [6, 6.07) is 95.9. The number of ether oxygens (including phenoxy) is 4. The Labute approximate surface area is 491 Å². The molecule has 0 N–H and O–H groups in total. The average molecular weight is 1100 g/mol. The maximum atomic E-state index is 6.71. The van der Waals surface area contributed by atoms with Crippen LogP contribution in [0.15, 0.2) is 267 Å². The molecule has 0 fully saturated rings. The van der Waals surface area contributed by atoms with Crippen LogP contribution in [0.25, 0.3) is 44.1 Å². The van der Waals surface area contributed by atoms with Gasteiger partial charge < -0.3 is 28.7 Å². The number of nitrogens with zero attached hydrogens (tertiary/aromatic N) is 3. The van der Waals surface area contributed by atoms with Crippen LogP contribution >= 0.6 is 12.8 Å². The van der Waals surface area contributed by atoms with Crippen LogP contribution in [-0.4, -0.2) is 18.2 Å². The second kappa shape index (κ2) is 18.3. The summed E-state index contributed by atoms with van der Waals surface area (Å²) >= 11 is 5.42. The Morgan fingerprint density at radius 2 is 0.607 bits per heavy atom. The molecular weight excluding hydrogens is 1050 g/mol. The summed E-state index contributed by atoms with van der Waals surface area (Å²) < 4.78 is 26.9. The van der Waals surface area contributed by atoms with Crippen molar-refractivity contribution in [2.75, 3.05) is 24.0 Å². The van der Waals surface area contributed by atoms with Gasteiger partial charge >= 0.3 is 0 Å². The molecule has 0 bridgehead atoms. The fourth-order valence-corrected chi connectivity index (χ4v) is 14.9. The van der Waals surface area contributed by atoms with Crippen LogP contribution < -0.4 is 28.7 Å². The lowest BCUT2D eigenvalue weighted by Gasteiger charge is -2.39. The van der Waals surface area contributed by atoms with Gasteiger partial charge in [0, 0.05) is 67.2 Å². The van der Waals surface area contributed by atoms with Gasteiger partial charge in [-0.3, -0.25) is 3.97 Å². The number of para-hydroxylation sites is 4. The summed E-state index contributed by atoms with van der Waals surface area (Å²) in [4.78, 5) is 4.70. The van der Waals surface area contributed by atoms with Gasteiger partial charge in [-0.05, 0) is 166 Å². The molecule has 0 unspecified atom stereocenters. The average Bonchev–Trinajstić information content (AvgIpc) is 1.60. The quantitative estimate of drug-likeness (QED) is 0.153. The smallest absolute Gasteiger partial charge is 0.132 e. The number of anilines is 6. The second-order valence-electron chi connectivity index (χ2n) is 22.0. The summed E-state index contributed by atoms with van der Waals surface area (Å²) in [5.41, 5.74) is 20.8. The lowest BCUT2D eigenvalue weighted by molar-refractivity contribution is 0.414. The van der Waals surface area contributed by atoms with Crippen molar-refractivity contribution in [1.29, 1.82) is 0 Å². The van der Waals surface area contributed by atoms with E-state index in [0.717, 1.165) is 113 Å². The van der Waals surface area contributed by atoms with Crippen molar-refractivity contribution in [2.24, 2.45) is 0 Å². The number of thiol groups is 1. The number of benzene rings is 12. The number of fused-ring (bicyclic) bond motifs is 21. The molecule has 13 aromatic rings. The highest BCUT2D eigenvalue weighted by Gasteiger charge is 2.53. The number of aromatic nitrogens is 1. The van der Waals surface area contributed by atoms with Crippen LogP contribution in [0.1, 0.15) is 44.5 Å². The predicted octanol–water partition coefficient (Wildman–Crippen LogP) is 19.4. The first kappa shape index (κ1) is 48.3. The third-order valence-corrected chi connectivity index (χ3v) is 18.5. The van der Waals surface area contributed by atoms with Gasteiger partial charge in [-0.15, -0.1) is 0 Å². The first-order valence-corrected chi connectivity index (χ1v) is 28.7.